The largest absolute Gasteiger partial charge is 0.278 e. The van der Waals surface area contributed by atoms with E-state index in [0.29, 0.717) is 11.9 Å². The molecule has 0 unspecified atom stereocenters. The third kappa shape index (κ3) is 4.02. The van der Waals surface area contributed by atoms with Crippen LogP contribution in [0.2, 0.25) is 5.28 Å². The summed E-state index contributed by atoms with van der Waals surface area (Å²) in [5.74, 6) is 0.994. The maximum atomic E-state index is 6.71. The number of hydrogen-bond acceptors (Lipinski definition) is 3. The second-order valence-corrected chi connectivity index (χ2v) is 13.2. The van der Waals surface area contributed by atoms with Gasteiger partial charge in [0, 0.05) is 21.5 Å². The van der Waals surface area contributed by atoms with Gasteiger partial charge < -0.3 is 0 Å². The predicted molar refractivity (Wildman–Crippen MR) is 171 cm³/mol. The molecule has 204 valence electrons. The lowest BCUT2D eigenvalue weighted by Gasteiger charge is -2.26. The van der Waals surface area contributed by atoms with Crippen LogP contribution in [0.25, 0.3) is 55.5 Å². The average molecular weight is 558 g/mol. The normalized spacial score (nSPS) is 12.8. The average Bonchev–Trinajstić information content (AvgIpc) is 3.44. The van der Waals surface area contributed by atoms with E-state index in [9.17, 15) is 0 Å². The van der Waals surface area contributed by atoms with Gasteiger partial charge >= 0.3 is 0 Å². The Morgan fingerprint density at radius 3 is 1.51 bits per heavy atom. The van der Waals surface area contributed by atoms with Crippen LogP contribution in [0.15, 0.2) is 84.9 Å². The summed E-state index contributed by atoms with van der Waals surface area (Å²) in [6.45, 7) is 13.6. The summed E-state index contributed by atoms with van der Waals surface area (Å²) < 4.78 is 4.25. The first kappa shape index (κ1) is 25.7. The molecule has 0 aliphatic rings. The lowest BCUT2D eigenvalue weighted by Crippen LogP contribution is -2.18. The SMILES string of the molecule is CC(C)(C)c1cc(C(C)(C)C)c2c(c1)c1ccccc1n2-c1nc(Cl)nc(-n2c3ccccc3c3ccccc32)n1. The van der Waals surface area contributed by atoms with Crippen molar-refractivity contribution in [2.24, 2.45) is 0 Å². The minimum atomic E-state index is -0.127. The van der Waals surface area contributed by atoms with E-state index in [1.165, 1.54) is 16.5 Å². The molecule has 0 spiro atoms. The van der Waals surface area contributed by atoms with Gasteiger partial charge in [0.05, 0.1) is 22.1 Å². The molecule has 0 N–H and O–H groups in total. The number of hydrogen-bond donors (Lipinski definition) is 0. The first-order valence-electron chi connectivity index (χ1n) is 14.0. The van der Waals surface area contributed by atoms with Crippen molar-refractivity contribution in [3.8, 4) is 11.9 Å². The minimum Gasteiger partial charge on any atom is -0.278 e. The molecule has 7 rings (SSSR count). The molecule has 0 aliphatic carbocycles. The summed E-state index contributed by atoms with van der Waals surface area (Å²) in [6.07, 6.45) is 0. The van der Waals surface area contributed by atoms with Gasteiger partial charge in [-0.25, -0.2) is 0 Å². The number of fused-ring (bicyclic) bond motifs is 6. The molecule has 0 amide bonds. The van der Waals surface area contributed by atoms with Crippen molar-refractivity contribution in [3.63, 3.8) is 0 Å². The van der Waals surface area contributed by atoms with Crippen LogP contribution < -0.4 is 0 Å². The number of nitrogens with zero attached hydrogens (tertiary/aromatic N) is 5. The summed E-state index contributed by atoms with van der Waals surface area (Å²) >= 11 is 6.71. The van der Waals surface area contributed by atoms with Gasteiger partial charge in [-0.3, -0.25) is 9.13 Å². The van der Waals surface area contributed by atoms with Gasteiger partial charge in [-0.05, 0) is 57.8 Å². The molecule has 0 atom stereocenters. The Balaban J connectivity index is 1.60. The smallest absolute Gasteiger partial charge is 0.240 e. The summed E-state index contributed by atoms with van der Waals surface area (Å²) in [4.78, 5) is 14.5. The molecule has 7 aromatic rings. The first-order chi connectivity index (χ1) is 19.5. The highest BCUT2D eigenvalue weighted by atomic mass is 35.5. The number of benzene rings is 4. The second kappa shape index (κ2) is 8.89. The van der Waals surface area contributed by atoms with Crippen molar-refractivity contribution in [2.75, 3.05) is 0 Å². The van der Waals surface area contributed by atoms with Crippen LogP contribution in [-0.2, 0) is 10.8 Å². The summed E-state index contributed by atoms with van der Waals surface area (Å²) in [5, 5.41) is 4.79. The Hall–Kier alpha value is -4.22. The molecule has 3 aromatic heterocycles. The fourth-order valence-corrected chi connectivity index (χ4v) is 6.13. The molecule has 4 aromatic carbocycles. The highest BCUT2D eigenvalue weighted by molar-refractivity contribution is 6.28. The van der Waals surface area contributed by atoms with E-state index >= 15 is 0 Å². The van der Waals surface area contributed by atoms with Crippen LogP contribution in [0.1, 0.15) is 52.7 Å². The molecule has 0 bridgehead atoms. The van der Waals surface area contributed by atoms with E-state index < -0.39 is 0 Å². The molecule has 3 heterocycles. The van der Waals surface area contributed by atoms with Crippen LogP contribution in [-0.4, -0.2) is 24.1 Å². The Morgan fingerprint density at radius 2 is 1.00 bits per heavy atom. The lowest BCUT2D eigenvalue weighted by molar-refractivity contribution is 0.572. The summed E-state index contributed by atoms with van der Waals surface area (Å²) in [6, 6.07) is 29.8. The third-order valence-electron chi connectivity index (χ3n) is 8.01. The van der Waals surface area contributed by atoms with Crippen molar-refractivity contribution in [2.45, 2.75) is 52.4 Å². The van der Waals surface area contributed by atoms with E-state index in [-0.39, 0.29) is 16.1 Å². The zero-order valence-corrected chi connectivity index (χ0v) is 25.0. The van der Waals surface area contributed by atoms with Gasteiger partial charge in [-0.2, -0.15) is 15.0 Å². The van der Waals surface area contributed by atoms with Gasteiger partial charge in [0.1, 0.15) is 0 Å². The monoisotopic (exact) mass is 557 g/mol. The third-order valence-corrected chi connectivity index (χ3v) is 8.18. The molecule has 0 saturated heterocycles. The Kier molecular flexibility index (Phi) is 5.58. The Morgan fingerprint density at radius 1 is 0.537 bits per heavy atom. The zero-order chi connectivity index (χ0) is 28.7. The van der Waals surface area contributed by atoms with Crippen molar-refractivity contribution in [1.29, 1.82) is 0 Å². The first-order valence-corrected chi connectivity index (χ1v) is 14.4. The fourth-order valence-electron chi connectivity index (χ4n) is 5.98. The maximum absolute atomic E-state index is 6.71. The van der Waals surface area contributed by atoms with E-state index in [4.69, 9.17) is 21.6 Å². The molecule has 0 aliphatic heterocycles. The standard InChI is InChI=1S/C35H32ClN5/c1-34(2,3)21-19-25-24-15-9-12-18-29(24)41(30(25)26(20-21)35(4,5)6)33-38-31(36)37-32(39-33)40-27-16-10-7-13-22(27)23-14-8-11-17-28(23)40/h7-20H,1-6H3. The maximum Gasteiger partial charge on any atom is 0.240 e. The van der Waals surface area contributed by atoms with E-state index in [2.05, 4.69) is 128 Å². The van der Waals surface area contributed by atoms with Gasteiger partial charge in [0.15, 0.2) is 0 Å². The van der Waals surface area contributed by atoms with E-state index in [1.807, 2.05) is 12.1 Å². The Labute approximate surface area is 244 Å². The zero-order valence-electron chi connectivity index (χ0n) is 24.2. The minimum absolute atomic E-state index is 0.00241. The quantitative estimate of drug-likeness (QED) is 0.213. The molecule has 41 heavy (non-hydrogen) atoms. The number of halogens is 1. The second-order valence-electron chi connectivity index (χ2n) is 12.8. The number of rotatable bonds is 2. The van der Waals surface area contributed by atoms with Crippen molar-refractivity contribution >= 4 is 55.2 Å². The molecular weight excluding hydrogens is 526 g/mol. The Bertz CT molecular complexity index is 2080. The lowest BCUT2D eigenvalue weighted by atomic mass is 9.79. The molecule has 0 radical (unpaired) electrons. The van der Waals surface area contributed by atoms with Crippen LogP contribution >= 0.6 is 11.6 Å². The van der Waals surface area contributed by atoms with Crippen LogP contribution in [0, 0.1) is 0 Å². The molecule has 6 heteroatoms. The number of aromatic nitrogens is 5. The van der Waals surface area contributed by atoms with Crippen LogP contribution in [0.3, 0.4) is 0 Å². The predicted octanol–water partition coefficient (Wildman–Crippen LogP) is 9.31. The van der Waals surface area contributed by atoms with Crippen molar-refractivity contribution in [1.82, 2.24) is 24.1 Å². The molecule has 0 fully saturated rings. The van der Waals surface area contributed by atoms with Gasteiger partial charge in [0.25, 0.3) is 0 Å². The van der Waals surface area contributed by atoms with Gasteiger partial charge in [-0.1, -0.05) is 102 Å². The molecular formula is C35H32ClN5. The molecule has 0 saturated carbocycles. The highest BCUT2D eigenvalue weighted by Gasteiger charge is 2.27. The van der Waals surface area contributed by atoms with Gasteiger partial charge in [0.2, 0.25) is 17.2 Å². The van der Waals surface area contributed by atoms with Crippen LogP contribution in [0.5, 0.6) is 0 Å². The fraction of sp³-hybridized carbons (Fsp3) is 0.229. The van der Waals surface area contributed by atoms with E-state index in [0.717, 1.165) is 38.2 Å². The van der Waals surface area contributed by atoms with Crippen LogP contribution in [0.4, 0.5) is 0 Å². The van der Waals surface area contributed by atoms with Crippen molar-refractivity contribution in [3.05, 3.63) is 101 Å². The number of para-hydroxylation sites is 3. The summed E-state index contributed by atoms with van der Waals surface area (Å²) in [7, 11) is 0. The van der Waals surface area contributed by atoms with Gasteiger partial charge in [-0.15, -0.1) is 0 Å². The topological polar surface area (TPSA) is 48.5 Å². The highest BCUT2D eigenvalue weighted by Crippen LogP contribution is 2.41. The van der Waals surface area contributed by atoms with E-state index in [1.54, 1.807) is 0 Å². The molecule has 5 nitrogen and oxygen atoms in total. The van der Waals surface area contributed by atoms with Crippen molar-refractivity contribution < 1.29 is 0 Å². The summed E-state index contributed by atoms with van der Waals surface area (Å²) in [5.41, 5.74) is 6.60.